The molecule has 2 N–H and O–H groups in total. The average molecular weight is 456 g/mol. The van der Waals surface area contributed by atoms with Crippen LogP contribution in [0.4, 0.5) is 4.79 Å². The van der Waals surface area contributed by atoms with E-state index in [0.717, 1.165) is 27.8 Å². The van der Waals surface area contributed by atoms with Crippen LogP contribution in [0.15, 0.2) is 66.7 Å². The molecule has 0 saturated heterocycles. The summed E-state index contributed by atoms with van der Waals surface area (Å²) in [7, 11) is 0. The van der Waals surface area contributed by atoms with Crippen molar-refractivity contribution in [3.63, 3.8) is 0 Å². The number of benzene rings is 3. The van der Waals surface area contributed by atoms with Crippen molar-refractivity contribution in [1.29, 1.82) is 0 Å². The maximum absolute atomic E-state index is 12.9. The van der Waals surface area contributed by atoms with Gasteiger partial charge in [-0.2, -0.15) is 0 Å². The lowest BCUT2D eigenvalue weighted by molar-refractivity contribution is -0.133. The quantitative estimate of drug-likeness (QED) is 0.601. The molecule has 3 aromatic rings. The largest absolute Gasteiger partial charge is 0.478 e. The first-order valence-corrected chi connectivity index (χ1v) is 11.2. The molecule has 0 aromatic heterocycles. The Morgan fingerprint density at radius 3 is 2.26 bits per heavy atom. The zero-order valence-corrected chi connectivity index (χ0v) is 18.7. The fourth-order valence-electron chi connectivity index (χ4n) is 4.93. The summed E-state index contributed by atoms with van der Waals surface area (Å²) in [6, 6.07) is 20.4. The van der Waals surface area contributed by atoms with E-state index < -0.39 is 18.1 Å². The SMILES string of the molecule is CC(NC(=O)OCC1c2ccccc2-c2ccccc21)C(=O)N1Cc2cccc(C(=O)O)c2C1. The smallest absolute Gasteiger partial charge is 0.407 e. The van der Waals surface area contributed by atoms with Crippen LogP contribution in [-0.2, 0) is 22.6 Å². The van der Waals surface area contributed by atoms with Crippen molar-refractivity contribution in [2.24, 2.45) is 0 Å². The van der Waals surface area contributed by atoms with Crippen LogP contribution in [-0.4, -0.2) is 40.6 Å². The Kier molecular flexibility index (Phi) is 5.53. The molecule has 1 atom stereocenters. The summed E-state index contributed by atoms with van der Waals surface area (Å²) in [5, 5.41) is 12.0. The van der Waals surface area contributed by atoms with Crippen LogP contribution in [0.1, 0.15) is 45.5 Å². The van der Waals surface area contributed by atoms with Crippen molar-refractivity contribution < 1.29 is 24.2 Å². The van der Waals surface area contributed by atoms with Gasteiger partial charge in [0.1, 0.15) is 12.6 Å². The third-order valence-electron chi connectivity index (χ3n) is 6.57. The number of carbonyl (C=O) groups excluding carboxylic acids is 2. The molecule has 0 radical (unpaired) electrons. The van der Waals surface area contributed by atoms with E-state index in [9.17, 15) is 19.5 Å². The number of alkyl carbamates (subject to hydrolysis) is 1. The Morgan fingerprint density at radius 1 is 0.971 bits per heavy atom. The molecule has 1 unspecified atom stereocenters. The van der Waals surface area contributed by atoms with Crippen molar-refractivity contribution in [2.75, 3.05) is 6.61 Å². The summed E-state index contributed by atoms with van der Waals surface area (Å²) in [4.78, 5) is 38.5. The van der Waals surface area contributed by atoms with Gasteiger partial charge < -0.3 is 20.1 Å². The highest BCUT2D eigenvalue weighted by Crippen LogP contribution is 2.44. The van der Waals surface area contributed by atoms with E-state index in [1.54, 1.807) is 17.9 Å². The molecule has 3 aromatic carbocycles. The molecular weight excluding hydrogens is 432 g/mol. The standard InChI is InChI=1S/C27H24N2O5/c1-16(25(30)29-13-17-7-6-12-22(26(31)32)23(17)14-29)28-27(33)34-15-24-20-10-4-2-8-18(20)19-9-3-5-11-21(19)24/h2-12,16,24H,13-15H2,1H3,(H,28,33)(H,31,32). The van der Waals surface area contributed by atoms with Gasteiger partial charge in [0.25, 0.3) is 0 Å². The molecule has 1 aliphatic heterocycles. The van der Waals surface area contributed by atoms with Gasteiger partial charge in [-0.05, 0) is 46.4 Å². The minimum Gasteiger partial charge on any atom is -0.478 e. The minimum atomic E-state index is -1.02. The number of hydrogen-bond donors (Lipinski definition) is 2. The highest BCUT2D eigenvalue weighted by molar-refractivity contribution is 5.91. The molecule has 7 nitrogen and oxygen atoms in total. The second-order valence-corrected chi connectivity index (χ2v) is 8.63. The van der Waals surface area contributed by atoms with Crippen molar-refractivity contribution in [3.05, 3.63) is 94.5 Å². The summed E-state index contributed by atoms with van der Waals surface area (Å²) in [6.07, 6.45) is -0.661. The maximum Gasteiger partial charge on any atom is 0.407 e. The van der Waals surface area contributed by atoms with Gasteiger partial charge in [-0.3, -0.25) is 4.79 Å². The van der Waals surface area contributed by atoms with Gasteiger partial charge in [-0.1, -0.05) is 60.7 Å². The molecule has 0 spiro atoms. The maximum atomic E-state index is 12.9. The van der Waals surface area contributed by atoms with Crippen molar-refractivity contribution in [3.8, 4) is 11.1 Å². The Hall–Kier alpha value is -4.13. The molecule has 5 rings (SSSR count). The number of nitrogens with zero attached hydrogens (tertiary/aromatic N) is 1. The zero-order valence-electron chi connectivity index (χ0n) is 18.7. The predicted octanol–water partition coefficient (Wildman–Crippen LogP) is 4.15. The van der Waals surface area contributed by atoms with E-state index >= 15 is 0 Å². The molecule has 0 fully saturated rings. The number of amides is 2. The van der Waals surface area contributed by atoms with E-state index in [4.69, 9.17) is 4.74 Å². The molecule has 34 heavy (non-hydrogen) atoms. The summed E-state index contributed by atoms with van der Waals surface area (Å²) >= 11 is 0. The average Bonchev–Trinajstić information content (AvgIpc) is 3.41. The van der Waals surface area contributed by atoms with Gasteiger partial charge in [0.05, 0.1) is 5.56 Å². The van der Waals surface area contributed by atoms with Crippen molar-refractivity contribution in [1.82, 2.24) is 10.2 Å². The minimum absolute atomic E-state index is 0.0633. The van der Waals surface area contributed by atoms with Crippen LogP contribution in [0.3, 0.4) is 0 Å². The lowest BCUT2D eigenvalue weighted by Gasteiger charge is -2.21. The van der Waals surface area contributed by atoms with Crippen LogP contribution in [0, 0.1) is 0 Å². The third-order valence-corrected chi connectivity index (χ3v) is 6.57. The summed E-state index contributed by atoms with van der Waals surface area (Å²) in [6.45, 7) is 2.28. The highest BCUT2D eigenvalue weighted by Gasteiger charge is 2.32. The van der Waals surface area contributed by atoms with Crippen molar-refractivity contribution in [2.45, 2.75) is 32.0 Å². The third kappa shape index (κ3) is 3.79. The van der Waals surface area contributed by atoms with E-state index in [1.165, 1.54) is 6.07 Å². The van der Waals surface area contributed by atoms with Gasteiger partial charge in [-0.15, -0.1) is 0 Å². The van der Waals surface area contributed by atoms with Crippen LogP contribution in [0.2, 0.25) is 0 Å². The van der Waals surface area contributed by atoms with Gasteiger partial charge in [0, 0.05) is 19.0 Å². The van der Waals surface area contributed by atoms with E-state index in [2.05, 4.69) is 17.4 Å². The lowest BCUT2D eigenvalue weighted by Crippen LogP contribution is -2.45. The zero-order chi connectivity index (χ0) is 23.8. The number of fused-ring (bicyclic) bond motifs is 4. The number of carboxylic acids is 1. The molecule has 1 aliphatic carbocycles. The summed E-state index contributed by atoms with van der Waals surface area (Å²) < 4.78 is 5.54. The molecule has 1 heterocycles. The van der Waals surface area contributed by atoms with Crippen LogP contribution in [0.5, 0.6) is 0 Å². The Bertz CT molecular complexity index is 1260. The first kappa shape index (κ1) is 21.7. The highest BCUT2D eigenvalue weighted by atomic mass is 16.5. The molecule has 2 amide bonds. The van der Waals surface area contributed by atoms with Crippen molar-refractivity contribution >= 4 is 18.0 Å². The fourth-order valence-corrected chi connectivity index (χ4v) is 4.93. The van der Waals surface area contributed by atoms with Gasteiger partial charge in [0.15, 0.2) is 0 Å². The van der Waals surface area contributed by atoms with Gasteiger partial charge >= 0.3 is 12.1 Å². The van der Waals surface area contributed by atoms with E-state index in [1.807, 2.05) is 42.5 Å². The number of nitrogens with one attached hydrogen (secondary N) is 1. The number of aromatic carboxylic acids is 1. The van der Waals surface area contributed by atoms with Crippen LogP contribution < -0.4 is 5.32 Å². The summed E-state index contributed by atoms with van der Waals surface area (Å²) in [5.41, 5.74) is 6.16. The first-order chi connectivity index (χ1) is 16.4. The molecule has 0 bridgehead atoms. The topological polar surface area (TPSA) is 95.9 Å². The predicted molar refractivity (Wildman–Crippen MR) is 125 cm³/mol. The second kappa shape index (κ2) is 8.67. The Labute approximate surface area is 197 Å². The van der Waals surface area contributed by atoms with Gasteiger partial charge in [-0.25, -0.2) is 9.59 Å². The summed E-state index contributed by atoms with van der Waals surface area (Å²) in [5.74, 6) is -1.37. The van der Waals surface area contributed by atoms with Crippen LogP contribution >= 0.6 is 0 Å². The monoisotopic (exact) mass is 456 g/mol. The Morgan fingerprint density at radius 2 is 1.62 bits per heavy atom. The number of carboxylic acid groups (broad SMARTS) is 1. The second-order valence-electron chi connectivity index (χ2n) is 8.63. The Balaban J connectivity index is 1.21. The lowest BCUT2D eigenvalue weighted by atomic mass is 9.98. The molecule has 2 aliphatic rings. The molecule has 7 heteroatoms. The van der Waals surface area contributed by atoms with E-state index in [0.29, 0.717) is 12.1 Å². The normalized spacial score (nSPS) is 14.7. The van der Waals surface area contributed by atoms with Gasteiger partial charge in [0.2, 0.25) is 5.91 Å². The fraction of sp³-hybridized carbons (Fsp3) is 0.222. The van der Waals surface area contributed by atoms with Crippen LogP contribution in [0.25, 0.3) is 11.1 Å². The number of ether oxygens (including phenoxy) is 1. The van der Waals surface area contributed by atoms with E-state index in [-0.39, 0.29) is 30.5 Å². The molecule has 172 valence electrons. The number of rotatable bonds is 5. The number of hydrogen-bond acceptors (Lipinski definition) is 4. The first-order valence-electron chi connectivity index (χ1n) is 11.2. The molecule has 0 saturated carbocycles. The number of carbonyl (C=O) groups is 3. The molecular formula is C27H24N2O5.